The van der Waals surface area contributed by atoms with E-state index in [0.717, 1.165) is 5.56 Å². The zero-order chi connectivity index (χ0) is 8.81. The van der Waals surface area contributed by atoms with Gasteiger partial charge in [0.2, 0.25) is 0 Å². The summed E-state index contributed by atoms with van der Waals surface area (Å²) in [6.45, 7) is 1.34. The predicted molar refractivity (Wildman–Crippen MR) is 45.9 cm³/mol. The molecule has 0 amide bonds. The maximum atomic E-state index is 10.3. The molecule has 0 atom stereocenters. The molecule has 12 heavy (non-hydrogen) atoms. The molecule has 0 saturated heterocycles. The first-order valence-corrected chi connectivity index (χ1v) is 3.51. The maximum absolute atomic E-state index is 10.3. The van der Waals surface area contributed by atoms with E-state index in [0.29, 0.717) is 0 Å². The first kappa shape index (κ1) is 8.28. The van der Waals surface area contributed by atoms with Crippen LogP contribution in [0.2, 0.25) is 0 Å². The topological polar surface area (TPSA) is 39.8 Å². The van der Waals surface area contributed by atoms with Gasteiger partial charge in [0, 0.05) is 5.90 Å². The summed E-state index contributed by atoms with van der Waals surface area (Å²) in [6, 6.07) is 11.9. The summed E-state index contributed by atoms with van der Waals surface area (Å²) in [5.74, 6) is -0.321. The van der Waals surface area contributed by atoms with Crippen LogP contribution in [0.15, 0.2) is 35.4 Å². The van der Waals surface area contributed by atoms with Gasteiger partial charge in [0.15, 0.2) is 0 Å². The van der Waals surface area contributed by atoms with Gasteiger partial charge in [-0.2, -0.15) is 0 Å². The van der Waals surface area contributed by atoms with E-state index in [1.807, 2.05) is 30.3 Å². The molecular weight excluding hydrogens is 152 g/mol. The maximum Gasteiger partial charge on any atom is 0.360 e. The molecule has 1 aromatic carbocycles. The zero-order valence-electron chi connectivity index (χ0n) is 6.69. The second-order valence-corrected chi connectivity index (χ2v) is 2.20. The van der Waals surface area contributed by atoms with Crippen molar-refractivity contribution in [3.8, 4) is 6.07 Å². The van der Waals surface area contributed by atoms with Gasteiger partial charge in [0.05, 0.1) is 0 Å². The third-order valence-electron chi connectivity index (χ3n) is 1.14. The van der Waals surface area contributed by atoms with E-state index in [-0.39, 0.29) is 5.90 Å². The Bertz CT molecular complexity index is 329. The molecule has 0 aliphatic carbocycles. The molecule has 60 valence electrons. The highest BCUT2D eigenvalue weighted by molar-refractivity contribution is 5.68. The van der Waals surface area contributed by atoms with Crippen molar-refractivity contribution in [3.63, 3.8) is 0 Å². The van der Waals surface area contributed by atoms with E-state index >= 15 is 0 Å². The van der Waals surface area contributed by atoms with Crippen LogP contribution < -0.4 is 5.11 Å². The van der Waals surface area contributed by atoms with Crippen LogP contribution in [0.25, 0.3) is 4.95 Å². The highest BCUT2D eigenvalue weighted by Crippen LogP contribution is 1.95. The predicted octanol–water partition coefficient (Wildman–Crippen LogP) is 1.06. The summed E-state index contributed by atoms with van der Waals surface area (Å²) in [5, 5.41) is 13.6. The zero-order valence-corrected chi connectivity index (χ0v) is 6.69. The fraction of sp³-hybridized carbons (Fsp3) is 0.111. The molecule has 0 fully saturated rings. The van der Waals surface area contributed by atoms with Crippen molar-refractivity contribution in [1.82, 2.24) is 0 Å². The molecule has 0 heterocycles. The minimum atomic E-state index is -0.321. The van der Waals surface area contributed by atoms with Gasteiger partial charge in [-0.1, -0.05) is 18.2 Å². The van der Waals surface area contributed by atoms with Gasteiger partial charge in [0.25, 0.3) is 0 Å². The molecule has 3 nitrogen and oxygen atoms in total. The highest BCUT2D eigenvalue weighted by Gasteiger charge is 1.90. The number of benzene rings is 1. The number of hydrogen-bond donors (Lipinski definition) is 0. The average Bonchev–Trinajstić information content (AvgIpc) is 2.05. The summed E-state index contributed by atoms with van der Waals surface area (Å²) in [7, 11) is 0. The van der Waals surface area contributed by atoms with E-state index in [1.165, 1.54) is 6.92 Å². The first-order valence-electron chi connectivity index (χ1n) is 3.51. The fourth-order valence-electron chi connectivity index (χ4n) is 0.666. The van der Waals surface area contributed by atoms with Crippen LogP contribution in [0, 0.1) is 6.07 Å². The molecule has 1 aromatic rings. The normalized spacial score (nSPS) is 10.2. The third kappa shape index (κ3) is 2.84. The molecule has 0 aliphatic rings. The largest absolute Gasteiger partial charge is 0.857 e. The molecule has 0 bridgehead atoms. The summed E-state index contributed by atoms with van der Waals surface area (Å²) in [5.41, 5.74) is 0.808. The Morgan fingerprint density at radius 1 is 1.42 bits per heavy atom. The summed E-state index contributed by atoms with van der Waals surface area (Å²) in [4.78, 5) is 3.47. The molecule has 1 rings (SSSR count). The van der Waals surface area contributed by atoms with E-state index in [9.17, 15) is 5.11 Å². The van der Waals surface area contributed by atoms with E-state index < -0.39 is 0 Å². The molecule has 0 radical (unpaired) electrons. The first-order chi connectivity index (χ1) is 5.79. The van der Waals surface area contributed by atoms with Crippen molar-refractivity contribution in [2.24, 2.45) is 5.10 Å². The molecule has 0 N–H and O–H groups in total. The summed E-state index contributed by atoms with van der Waals surface area (Å²) >= 11 is 0. The van der Waals surface area contributed by atoms with Crippen LogP contribution in [0.3, 0.4) is 0 Å². The number of hydrogen-bond acceptors (Lipinski definition) is 2. The van der Waals surface area contributed by atoms with Crippen LogP contribution >= 0.6 is 0 Å². The Morgan fingerprint density at radius 3 is 2.67 bits per heavy atom. The van der Waals surface area contributed by atoms with Gasteiger partial charge in [-0.05, 0) is 19.1 Å². The van der Waals surface area contributed by atoms with Crippen molar-refractivity contribution in [2.75, 3.05) is 0 Å². The SMILES string of the molecule is C/C([O-])=N/[N+]#Cc1ccccc1. The van der Waals surface area contributed by atoms with E-state index in [4.69, 9.17) is 0 Å². The monoisotopic (exact) mass is 160 g/mol. The summed E-state index contributed by atoms with van der Waals surface area (Å²) < 4.78 is 0. The lowest BCUT2D eigenvalue weighted by Gasteiger charge is -1.86. The molecule has 0 spiro atoms. The van der Waals surface area contributed by atoms with Crippen molar-refractivity contribution < 1.29 is 5.11 Å². The Balaban J connectivity index is 2.74. The Labute approximate surface area is 70.8 Å². The second kappa shape index (κ2) is 4.14. The lowest BCUT2D eigenvalue weighted by atomic mass is 10.2. The number of rotatable bonds is 0. The molecular formula is C9H8N2O. The van der Waals surface area contributed by atoms with E-state index in [1.54, 1.807) is 0 Å². The third-order valence-corrected chi connectivity index (χ3v) is 1.14. The highest BCUT2D eigenvalue weighted by atomic mass is 16.3. The minimum Gasteiger partial charge on any atom is -0.857 e. The molecule has 0 aromatic heterocycles. The second-order valence-electron chi connectivity index (χ2n) is 2.20. The Morgan fingerprint density at radius 2 is 2.08 bits per heavy atom. The van der Waals surface area contributed by atoms with Gasteiger partial charge in [-0.15, -0.1) is 0 Å². The Hall–Kier alpha value is -1.82. The van der Waals surface area contributed by atoms with Crippen molar-refractivity contribution >= 4 is 5.90 Å². The molecule has 3 heteroatoms. The van der Waals surface area contributed by atoms with Crippen LogP contribution in [-0.2, 0) is 0 Å². The average molecular weight is 160 g/mol. The van der Waals surface area contributed by atoms with Gasteiger partial charge in [-0.3, -0.25) is 0 Å². The fourth-order valence-corrected chi connectivity index (χ4v) is 0.666. The van der Waals surface area contributed by atoms with Gasteiger partial charge in [-0.25, -0.2) is 0 Å². The lowest BCUT2D eigenvalue weighted by Crippen LogP contribution is -2.10. The molecule has 0 aliphatic heterocycles. The van der Waals surface area contributed by atoms with Crippen LogP contribution in [0.4, 0.5) is 0 Å². The van der Waals surface area contributed by atoms with Crippen molar-refractivity contribution in [3.05, 3.63) is 40.8 Å². The van der Waals surface area contributed by atoms with Gasteiger partial charge in [0.1, 0.15) is 15.6 Å². The van der Waals surface area contributed by atoms with Crippen LogP contribution in [0.1, 0.15) is 12.5 Å². The summed E-state index contributed by atoms with van der Waals surface area (Å²) in [6.07, 6.45) is 0. The molecule has 0 saturated carbocycles. The Kier molecular flexibility index (Phi) is 2.86. The quantitative estimate of drug-likeness (QED) is 0.318. The smallest absolute Gasteiger partial charge is 0.360 e. The van der Waals surface area contributed by atoms with Crippen LogP contribution in [-0.4, -0.2) is 5.90 Å². The lowest BCUT2D eigenvalue weighted by molar-refractivity contribution is -0.215. The van der Waals surface area contributed by atoms with Crippen LogP contribution in [0.5, 0.6) is 0 Å². The molecule has 0 unspecified atom stereocenters. The standard InChI is InChI=1S/C9H8N2O/c1-8(12)11-10-7-9-5-3-2-4-6-9/h2-6H,1H3. The number of nitrogens with zero attached hydrogens (tertiary/aromatic N) is 2. The van der Waals surface area contributed by atoms with Crippen molar-refractivity contribution in [1.29, 1.82) is 0 Å². The van der Waals surface area contributed by atoms with Crippen molar-refractivity contribution in [2.45, 2.75) is 6.92 Å². The minimum absolute atomic E-state index is 0.321. The van der Waals surface area contributed by atoms with Gasteiger partial charge < -0.3 is 5.11 Å². The van der Waals surface area contributed by atoms with E-state index in [2.05, 4.69) is 16.1 Å². The van der Waals surface area contributed by atoms with Gasteiger partial charge >= 0.3 is 6.07 Å².